The third-order valence-electron chi connectivity index (χ3n) is 4.57. The molecule has 0 saturated carbocycles. The van der Waals surface area contributed by atoms with Gasteiger partial charge in [0.25, 0.3) is 0 Å². The smallest absolute Gasteiger partial charge is 0.119 e. The van der Waals surface area contributed by atoms with Gasteiger partial charge in [-0.1, -0.05) is 6.07 Å². The Bertz CT molecular complexity index is 553. The van der Waals surface area contributed by atoms with Gasteiger partial charge in [-0.15, -0.1) is 0 Å². The second-order valence-corrected chi connectivity index (χ2v) is 5.70. The van der Waals surface area contributed by atoms with Crippen molar-refractivity contribution in [3.63, 3.8) is 0 Å². The van der Waals surface area contributed by atoms with Crippen molar-refractivity contribution in [2.24, 2.45) is 4.99 Å². The molecule has 1 aliphatic carbocycles. The molecule has 19 heavy (non-hydrogen) atoms. The molecule has 4 heteroatoms. The molecule has 0 aromatic heterocycles. The molecule has 0 bridgehead atoms. The Morgan fingerprint density at radius 1 is 1.42 bits per heavy atom. The molecule has 3 aliphatic rings. The van der Waals surface area contributed by atoms with Crippen molar-refractivity contribution in [3.05, 3.63) is 28.8 Å². The van der Waals surface area contributed by atoms with Gasteiger partial charge in [0, 0.05) is 19.1 Å². The molecule has 1 aromatic rings. The zero-order chi connectivity index (χ0) is 12.8. The third-order valence-corrected chi connectivity index (χ3v) is 4.57. The lowest BCUT2D eigenvalue weighted by atomic mass is 9.86. The Morgan fingerprint density at radius 3 is 3.21 bits per heavy atom. The first-order chi connectivity index (χ1) is 9.33. The van der Waals surface area contributed by atoms with Crippen molar-refractivity contribution in [1.29, 1.82) is 0 Å². The van der Waals surface area contributed by atoms with Gasteiger partial charge < -0.3 is 10.4 Å². The van der Waals surface area contributed by atoms with Crippen LogP contribution in [0.3, 0.4) is 0 Å². The summed E-state index contributed by atoms with van der Waals surface area (Å²) in [5.41, 5.74) is 4.00. The maximum absolute atomic E-state index is 10.0. The molecule has 2 aliphatic heterocycles. The number of nitrogens with one attached hydrogen (secondary N) is 1. The summed E-state index contributed by atoms with van der Waals surface area (Å²) in [5.74, 6) is 1.62. The van der Waals surface area contributed by atoms with Crippen molar-refractivity contribution in [2.75, 3.05) is 19.6 Å². The van der Waals surface area contributed by atoms with Gasteiger partial charge in [-0.25, -0.2) is 0 Å². The van der Waals surface area contributed by atoms with E-state index < -0.39 is 0 Å². The zero-order valence-electron chi connectivity index (χ0n) is 11.0. The fourth-order valence-corrected chi connectivity index (χ4v) is 3.74. The number of amidine groups is 1. The largest absolute Gasteiger partial charge is 0.508 e. The number of phenolic OH excluding ortho intramolecular Hbond substituents is 1. The lowest BCUT2D eigenvalue weighted by molar-refractivity contribution is 0.224. The van der Waals surface area contributed by atoms with E-state index >= 15 is 0 Å². The van der Waals surface area contributed by atoms with Gasteiger partial charge >= 0.3 is 0 Å². The van der Waals surface area contributed by atoms with E-state index in [1.165, 1.54) is 29.5 Å². The van der Waals surface area contributed by atoms with E-state index in [4.69, 9.17) is 0 Å². The van der Waals surface area contributed by atoms with E-state index in [2.05, 4.69) is 21.3 Å². The van der Waals surface area contributed by atoms with Crippen LogP contribution >= 0.6 is 0 Å². The zero-order valence-corrected chi connectivity index (χ0v) is 11.0. The van der Waals surface area contributed by atoms with Crippen molar-refractivity contribution < 1.29 is 5.11 Å². The summed E-state index contributed by atoms with van der Waals surface area (Å²) in [7, 11) is 0. The van der Waals surface area contributed by atoms with Crippen molar-refractivity contribution in [3.8, 4) is 5.75 Å². The number of aromatic hydroxyl groups is 1. The molecule has 1 atom stereocenters. The number of rotatable bonds is 2. The summed E-state index contributed by atoms with van der Waals surface area (Å²) in [4.78, 5) is 7.01. The number of hydrogen-bond donors (Lipinski definition) is 2. The number of nitrogens with zero attached hydrogens (tertiary/aromatic N) is 2. The molecular formula is C15H19N3O. The summed E-state index contributed by atoms with van der Waals surface area (Å²) in [6.45, 7) is 3.80. The minimum atomic E-state index is 0.482. The quantitative estimate of drug-likeness (QED) is 0.846. The Hall–Kier alpha value is -1.55. The molecule has 0 fully saturated rings. The van der Waals surface area contributed by atoms with E-state index in [-0.39, 0.29) is 0 Å². The van der Waals surface area contributed by atoms with Gasteiger partial charge in [0.15, 0.2) is 0 Å². The predicted molar refractivity (Wildman–Crippen MR) is 74.5 cm³/mol. The maximum atomic E-state index is 10.0. The van der Waals surface area contributed by atoms with Crippen molar-refractivity contribution >= 4 is 5.84 Å². The fourth-order valence-electron chi connectivity index (χ4n) is 3.74. The Labute approximate surface area is 113 Å². The van der Waals surface area contributed by atoms with E-state index in [0.717, 1.165) is 38.4 Å². The molecule has 1 unspecified atom stereocenters. The highest BCUT2D eigenvalue weighted by Gasteiger charge is 2.36. The molecule has 0 spiro atoms. The molecule has 0 amide bonds. The SMILES string of the molecule is Oc1ccc2c3c1CCCC3N(CC1=NCCN1)C2. The molecule has 1 aromatic carbocycles. The van der Waals surface area contributed by atoms with E-state index in [1.54, 1.807) is 0 Å². The van der Waals surface area contributed by atoms with Crippen LogP contribution in [0.1, 0.15) is 35.6 Å². The molecule has 2 N–H and O–H groups in total. The van der Waals surface area contributed by atoms with Gasteiger partial charge in [-0.2, -0.15) is 0 Å². The summed E-state index contributed by atoms with van der Waals surface area (Å²) in [5, 5.41) is 13.4. The summed E-state index contributed by atoms with van der Waals surface area (Å²) in [6, 6.07) is 4.44. The first-order valence-corrected chi connectivity index (χ1v) is 7.18. The van der Waals surface area contributed by atoms with Crippen LogP contribution in [0.2, 0.25) is 0 Å². The van der Waals surface area contributed by atoms with Crippen LogP contribution in [0, 0.1) is 0 Å². The van der Waals surface area contributed by atoms with Crippen molar-refractivity contribution in [1.82, 2.24) is 10.2 Å². The van der Waals surface area contributed by atoms with Crippen LogP contribution in [-0.4, -0.2) is 35.5 Å². The van der Waals surface area contributed by atoms with Gasteiger partial charge in [-0.3, -0.25) is 9.89 Å². The number of hydrogen-bond acceptors (Lipinski definition) is 4. The minimum Gasteiger partial charge on any atom is -0.508 e. The molecule has 4 rings (SSSR count). The lowest BCUT2D eigenvalue weighted by Gasteiger charge is -2.29. The van der Waals surface area contributed by atoms with Crippen LogP contribution in [0.25, 0.3) is 0 Å². The van der Waals surface area contributed by atoms with E-state index in [1.807, 2.05) is 6.07 Å². The second kappa shape index (κ2) is 4.23. The molecule has 0 saturated heterocycles. The number of aliphatic imine (C=N–C) groups is 1. The Kier molecular flexibility index (Phi) is 2.52. The molecule has 0 radical (unpaired) electrons. The van der Waals surface area contributed by atoms with Crippen LogP contribution in [0.5, 0.6) is 5.75 Å². The van der Waals surface area contributed by atoms with Crippen molar-refractivity contribution in [2.45, 2.75) is 31.8 Å². The van der Waals surface area contributed by atoms with E-state index in [9.17, 15) is 5.11 Å². The summed E-state index contributed by atoms with van der Waals surface area (Å²) >= 11 is 0. The molecule has 4 nitrogen and oxygen atoms in total. The second-order valence-electron chi connectivity index (χ2n) is 5.70. The molecule has 2 heterocycles. The normalized spacial score (nSPS) is 25.1. The average molecular weight is 257 g/mol. The average Bonchev–Trinajstić information content (AvgIpc) is 3.04. The predicted octanol–water partition coefficient (Wildman–Crippen LogP) is 1.59. The van der Waals surface area contributed by atoms with Gasteiger partial charge in [0.1, 0.15) is 11.6 Å². The van der Waals surface area contributed by atoms with Gasteiger partial charge in [0.2, 0.25) is 0 Å². The van der Waals surface area contributed by atoms with Gasteiger partial charge in [-0.05, 0) is 42.0 Å². The Morgan fingerprint density at radius 2 is 2.37 bits per heavy atom. The molecule has 100 valence electrons. The minimum absolute atomic E-state index is 0.482. The lowest BCUT2D eigenvalue weighted by Crippen LogP contribution is -2.34. The first kappa shape index (κ1) is 11.3. The standard InChI is InChI=1S/C15H19N3O/c19-13-5-4-10-8-18(9-14-16-6-7-17-14)12-3-1-2-11(13)15(10)12/h4-5,12,19H,1-3,6-9H2,(H,16,17). The van der Waals surface area contributed by atoms with Crippen LogP contribution < -0.4 is 5.32 Å². The van der Waals surface area contributed by atoms with E-state index in [0.29, 0.717) is 11.8 Å². The number of benzene rings is 1. The first-order valence-electron chi connectivity index (χ1n) is 7.18. The topological polar surface area (TPSA) is 47.9 Å². The Balaban J connectivity index is 1.67. The monoisotopic (exact) mass is 257 g/mol. The van der Waals surface area contributed by atoms with Crippen LogP contribution in [0.4, 0.5) is 0 Å². The highest BCUT2D eigenvalue weighted by molar-refractivity contribution is 5.85. The van der Waals surface area contributed by atoms with Crippen LogP contribution in [0.15, 0.2) is 17.1 Å². The molecular weight excluding hydrogens is 238 g/mol. The third kappa shape index (κ3) is 1.74. The number of phenols is 1. The summed E-state index contributed by atoms with van der Waals surface area (Å²) in [6.07, 6.45) is 3.40. The summed E-state index contributed by atoms with van der Waals surface area (Å²) < 4.78 is 0. The fraction of sp³-hybridized carbons (Fsp3) is 0.533. The maximum Gasteiger partial charge on any atom is 0.119 e. The highest BCUT2D eigenvalue weighted by Crippen LogP contribution is 2.45. The van der Waals surface area contributed by atoms with Crippen LogP contribution in [-0.2, 0) is 13.0 Å². The highest BCUT2D eigenvalue weighted by atomic mass is 16.3. The van der Waals surface area contributed by atoms with Gasteiger partial charge in [0.05, 0.1) is 13.1 Å².